The van der Waals surface area contributed by atoms with Crippen molar-refractivity contribution >= 4 is 17.2 Å². The van der Waals surface area contributed by atoms with E-state index < -0.39 is 13.0 Å². The molecule has 0 saturated heterocycles. The van der Waals surface area contributed by atoms with Gasteiger partial charge in [-0.05, 0) is 44.1 Å². The zero-order valence-electron chi connectivity index (χ0n) is 17.6. The van der Waals surface area contributed by atoms with Crippen molar-refractivity contribution in [2.45, 2.75) is 64.7 Å². The number of nitrogen functional groups attached to an aromatic ring is 1. The van der Waals surface area contributed by atoms with Crippen LogP contribution >= 0.6 is 0 Å². The summed E-state index contributed by atoms with van der Waals surface area (Å²) in [7, 11) is 0. The number of hydrogen-bond donors (Lipinski definition) is 3. The molecule has 0 radical (unpaired) electrons. The smallest absolute Gasteiger partial charge is 0.387 e. The van der Waals surface area contributed by atoms with Crippen LogP contribution in [0.15, 0.2) is 17.3 Å². The molecule has 6 nitrogen and oxygen atoms in total. The van der Waals surface area contributed by atoms with Gasteiger partial charge >= 0.3 is 6.61 Å². The molecule has 2 saturated carbocycles. The van der Waals surface area contributed by atoms with Crippen molar-refractivity contribution in [1.29, 1.82) is 5.41 Å². The lowest BCUT2D eigenvalue weighted by Crippen LogP contribution is -2.33. The van der Waals surface area contributed by atoms with Crippen LogP contribution in [-0.4, -0.2) is 48.1 Å². The van der Waals surface area contributed by atoms with Crippen LogP contribution in [-0.2, 0) is 0 Å². The summed E-state index contributed by atoms with van der Waals surface area (Å²) in [6, 6.07) is 1.49. The SMILES string of the molecule is CCC(C)N=C(CC(=N)c1cnc(N)c(OC(F)F)c1)C1C2CC(NCC(F)F)CC21. The number of rotatable bonds is 11. The molecule has 0 amide bonds. The molecular weight excluding hydrogens is 414 g/mol. The molecule has 3 atom stereocenters. The van der Waals surface area contributed by atoms with Crippen molar-refractivity contribution in [3.8, 4) is 5.75 Å². The largest absolute Gasteiger partial charge is 0.431 e. The second-order valence-electron chi connectivity index (χ2n) is 8.34. The van der Waals surface area contributed by atoms with Crippen molar-refractivity contribution < 1.29 is 22.3 Å². The van der Waals surface area contributed by atoms with Crippen LogP contribution in [0.3, 0.4) is 0 Å². The number of nitrogens with one attached hydrogen (secondary N) is 2. The fraction of sp³-hybridized carbons (Fsp3) is 0.667. The minimum Gasteiger partial charge on any atom is -0.431 e. The molecule has 0 aromatic carbocycles. The summed E-state index contributed by atoms with van der Waals surface area (Å²) in [5.74, 6) is 0.580. The number of halogens is 4. The Morgan fingerprint density at radius 2 is 2.00 bits per heavy atom. The zero-order chi connectivity index (χ0) is 22.7. The molecule has 31 heavy (non-hydrogen) atoms. The Morgan fingerprint density at radius 1 is 1.32 bits per heavy atom. The number of nitrogens with two attached hydrogens (primary N) is 1. The van der Waals surface area contributed by atoms with Gasteiger partial charge in [0.25, 0.3) is 6.43 Å². The van der Waals surface area contributed by atoms with Gasteiger partial charge < -0.3 is 21.2 Å². The molecule has 1 aromatic rings. The topological polar surface area (TPSA) is 96.4 Å². The highest BCUT2D eigenvalue weighted by atomic mass is 19.3. The molecule has 4 N–H and O–H groups in total. The third-order valence-electron chi connectivity index (χ3n) is 6.17. The predicted molar refractivity (Wildman–Crippen MR) is 111 cm³/mol. The van der Waals surface area contributed by atoms with Crippen LogP contribution in [0.25, 0.3) is 0 Å². The van der Waals surface area contributed by atoms with E-state index >= 15 is 0 Å². The van der Waals surface area contributed by atoms with Crippen molar-refractivity contribution in [2.75, 3.05) is 12.3 Å². The number of alkyl halides is 4. The highest BCUT2D eigenvalue weighted by Gasteiger charge is 2.57. The summed E-state index contributed by atoms with van der Waals surface area (Å²) < 4.78 is 54.4. The van der Waals surface area contributed by atoms with Crippen LogP contribution in [0.1, 0.15) is 45.1 Å². The van der Waals surface area contributed by atoms with E-state index in [1.807, 2.05) is 13.8 Å². The van der Waals surface area contributed by atoms with E-state index in [0.717, 1.165) is 25.0 Å². The molecule has 172 valence electrons. The third-order valence-corrected chi connectivity index (χ3v) is 6.17. The minimum absolute atomic E-state index is 0.0964. The maximum Gasteiger partial charge on any atom is 0.387 e. The molecule has 0 spiro atoms. The first-order valence-electron chi connectivity index (χ1n) is 10.6. The van der Waals surface area contributed by atoms with Gasteiger partial charge in [0.1, 0.15) is 0 Å². The lowest BCUT2D eigenvalue weighted by molar-refractivity contribution is -0.0495. The van der Waals surface area contributed by atoms with Gasteiger partial charge in [-0.3, -0.25) is 4.99 Å². The van der Waals surface area contributed by atoms with Crippen molar-refractivity contribution in [1.82, 2.24) is 10.3 Å². The molecule has 2 fully saturated rings. The molecule has 2 aliphatic rings. The summed E-state index contributed by atoms with van der Waals surface area (Å²) >= 11 is 0. The maximum absolute atomic E-state index is 12.6. The van der Waals surface area contributed by atoms with E-state index in [1.165, 1.54) is 12.3 Å². The molecular formula is C21H29F4N5O. The van der Waals surface area contributed by atoms with Crippen LogP contribution in [0.2, 0.25) is 0 Å². The van der Waals surface area contributed by atoms with E-state index in [9.17, 15) is 17.6 Å². The van der Waals surface area contributed by atoms with Crippen molar-refractivity contribution in [3.05, 3.63) is 17.8 Å². The van der Waals surface area contributed by atoms with Crippen LogP contribution in [0, 0.1) is 23.2 Å². The molecule has 10 heteroatoms. The van der Waals surface area contributed by atoms with Crippen LogP contribution in [0.4, 0.5) is 23.4 Å². The first-order valence-corrected chi connectivity index (χ1v) is 10.6. The van der Waals surface area contributed by atoms with Gasteiger partial charge in [0, 0.05) is 47.6 Å². The summed E-state index contributed by atoms with van der Waals surface area (Å²) in [4.78, 5) is 8.70. The second-order valence-corrected chi connectivity index (χ2v) is 8.34. The quantitative estimate of drug-likeness (QED) is 0.354. The molecule has 1 aromatic heterocycles. The Balaban J connectivity index is 1.68. The maximum atomic E-state index is 12.6. The van der Waals surface area contributed by atoms with Gasteiger partial charge in [0.15, 0.2) is 11.6 Å². The van der Waals surface area contributed by atoms with Crippen molar-refractivity contribution in [2.24, 2.45) is 22.7 Å². The number of aromatic nitrogens is 1. The number of hydrogen-bond acceptors (Lipinski definition) is 6. The second kappa shape index (κ2) is 9.93. The monoisotopic (exact) mass is 443 g/mol. The number of nitrogens with zero attached hydrogens (tertiary/aromatic N) is 2. The van der Waals surface area contributed by atoms with Gasteiger partial charge in [0.2, 0.25) is 0 Å². The van der Waals surface area contributed by atoms with Crippen LogP contribution in [0.5, 0.6) is 5.75 Å². The Morgan fingerprint density at radius 3 is 2.58 bits per heavy atom. The lowest BCUT2D eigenvalue weighted by atomic mass is 9.97. The standard InChI is InChI=1S/C21H29F4N5O/c1-3-10(2)30-16(19-13-5-12(6-14(13)19)28-9-18(22)23)7-15(26)11-4-17(31-21(24)25)20(27)29-8-11/h4,8,10,12-14,18-19,21,26,28H,3,5-7,9H2,1-2H3,(H2,27,29). The van der Waals surface area contributed by atoms with Gasteiger partial charge in [-0.2, -0.15) is 8.78 Å². The first-order chi connectivity index (χ1) is 14.7. The molecule has 3 unspecified atom stereocenters. The summed E-state index contributed by atoms with van der Waals surface area (Å²) in [5.41, 5.74) is 7.05. The molecule has 1 heterocycles. The van der Waals surface area contributed by atoms with Crippen molar-refractivity contribution in [3.63, 3.8) is 0 Å². The third kappa shape index (κ3) is 5.93. The average molecular weight is 443 g/mol. The van der Waals surface area contributed by atoms with Gasteiger partial charge in [-0.1, -0.05) is 6.92 Å². The molecule has 0 bridgehead atoms. The van der Waals surface area contributed by atoms with Gasteiger partial charge in [0.05, 0.1) is 6.54 Å². The Hall–Kier alpha value is -2.23. The van der Waals surface area contributed by atoms with E-state index in [-0.39, 0.29) is 48.2 Å². The molecule has 2 aliphatic carbocycles. The van der Waals surface area contributed by atoms with Gasteiger partial charge in [-0.25, -0.2) is 13.8 Å². The average Bonchev–Trinajstić information content (AvgIpc) is 3.20. The minimum atomic E-state index is -3.03. The highest BCUT2D eigenvalue weighted by Crippen LogP contribution is 2.58. The number of ether oxygens (including phenoxy) is 1. The van der Waals surface area contributed by atoms with E-state index in [4.69, 9.17) is 16.1 Å². The Bertz CT molecular complexity index is 807. The highest BCUT2D eigenvalue weighted by molar-refractivity contribution is 6.12. The number of pyridine rings is 1. The number of anilines is 1. The fourth-order valence-corrected chi connectivity index (χ4v) is 4.48. The molecule has 3 rings (SSSR count). The fourth-order valence-electron chi connectivity index (χ4n) is 4.48. The number of fused-ring (bicyclic) bond motifs is 1. The van der Waals surface area contributed by atoms with Crippen LogP contribution < -0.4 is 15.8 Å². The van der Waals surface area contributed by atoms with E-state index in [2.05, 4.69) is 15.0 Å². The Labute approximate surface area is 179 Å². The number of aliphatic imine (C=N–C) groups is 1. The van der Waals surface area contributed by atoms with Gasteiger partial charge in [-0.15, -0.1) is 0 Å². The lowest BCUT2D eigenvalue weighted by Gasteiger charge is -2.18. The molecule has 0 aliphatic heterocycles. The van der Waals surface area contributed by atoms with E-state index in [0.29, 0.717) is 17.4 Å². The Kier molecular flexibility index (Phi) is 7.51. The normalized spacial score (nSPS) is 26.3. The zero-order valence-corrected chi connectivity index (χ0v) is 17.6. The summed E-state index contributed by atoms with van der Waals surface area (Å²) in [5, 5.41) is 11.4. The summed E-state index contributed by atoms with van der Waals surface area (Å²) in [6.07, 6.45) is 1.79. The predicted octanol–water partition coefficient (Wildman–Crippen LogP) is 4.14. The first kappa shape index (κ1) is 23.4. The summed E-state index contributed by atoms with van der Waals surface area (Å²) in [6.45, 7) is 0.718. The van der Waals surface area contributed by atoms with E-state index in [1.54, 1.807) is 0 Å².